The van der Waals surface area contributed by atoms with Crippen LogP contribution in [0.25, 0.3) is 0 Å². The number of carbonyl (C=O) groups is 1. The topological polar surface area (TPSA) is 77.4 Å². The van der Waals surface area contributed by atoms with E-state index in [-0.39, 0.29) is 18.6 Å². The fourth-order valence-electron chi connectivity index (χ4n) is 2.55. The second-order valence-electron chi connectivity index (χ2n) is 6.02. The Bertz CT molecular complexity index is 391. The van der Waals surface area contributed by atoms with Crippen LogP contribution in [0.4, 0.5) is 0 Å². The molecule has 1 saturated carbocycles. The van der Waals surface area contributed by atoms with Gasteiger partial charge in [0.25, 0.3) is 0 Å². The van der Waals surface area contributed by atoms with Crippen molar-refractivity contribution in [2.24, 2.45) is 5.92 Å². The Labute approximate surface area is 120 Å². The van der Waals surface area contributed by atoms with E-state index >= 15 is 0 Å². The van der Waals surface area contributed by atoms with E-state index in [1.807, 2.05) is 6.92 Å². The molecule has 1 heterocycles. The van der Waals surface area contributed by atoms with Gasteiger partial charge in [-0.05, 0) is 32.7 Å². The quantitative estimate of drug-likeness (QED) is 0.699. The summed E-state index contributed by atoms with van der Waals surface area (Å²) in [4.78, 5) is 14.1. The van der Waals surface area contributed by atoms with E-state index in [9.17, 15) is 10.1 Å². The number of morpholine rings is 1. The summed E-state index contributed by atoms with van der Waals surface area (Å²) in [7, 11) is 2.07. The van der Waals surface area contributed by atoms with Gasteiger partial charge in [0.05, 0.1) is 25.3 Å². The molecule has 1 saturated heterocycles. The van der Waals surface area contributed by atoms with Crippen molar-refractivity contribution < 1.29 is 9.53 Å². The van der Waals surface area contributed by atoms with Gasteiger partial charge in [-0.2, -0.15) is 5.26 Å². The lowest BCUT2D eigenvalue weighted by Gasteiger charge is -2.30. The van der Waals surface area contributed by atoms with E-state index in [4.69, 9.17) is 4.74 Å². The van der Waals surface area contributed by atoms with Crippen molar-refractivity contribution >= 4 is 5.91 Å². The Hall–Kier alpha value is -1.16. The Balaban J connectivity index is 1.66. The SMILES string of the molecule is CN1CCO[C@H](CNCC(=O)N[C@](C)(C#N)C2CC2)C1. The van der Waals surface area contributed by atoms with Crippen LogP contribution in [0.1, 0.15) is 19.8 Å². The molecule has 6 heteroatoms. The molecule has 2 N–H and O–H groups in total. The smallest absolute Gasteiger partial charge is 0.235 e. The average Bonchev–Trinajstić information content (AvgIpc) is 3.23. The molecule has 1 aliphatic carbocycles. The number of nitrogens with zero attached hydrogens (tertiary/aromatic N) is 2. The fourth-order valence-corrected chi connectivity index (χ4v) is 2.55. The van der Waals surface area contributed by atoms with Crippen molar-refractivity contribution in [2.45, 2.75) is 31.4 Å². The summed E-state index contributed by atoms with van der Waals surface area (Å²) in [6.45, 7) is 5.27. The minimum atomic E-state index is -0.708. The molecule has 0 aromatic carbocycles. The first-order valence-electron chi connectivity index (χ1n) is 7.26. The molecule has 0 aromatic heterocycles. The first-order valence-corrected chi connectivity index (χ1v) is 7.26. The van der Waals surface area contributed by atoms with Gasteiger partial charge in [-0.1, -0.05) is 0 Å². The predicted molar refractivity (Wildman–Crippen MR) is 75.0 cm³/mol. The average molecular weight is 280 g/mol. The number of amides is 1. The van der Waals surface area contributed by atoms with Gasteiger partial charge in [-0.3, -0.25) is 4.79 Å². The maximum absolute atomic E-state index is 11.9. The largest absolute Gasteiger partial charge is 0.374 e. The van der Waals surface area contributed by atoms with Gasteiger partial charge in [0.1, 0.15) is 5.54 Å². The van der Waals surface area contributed by atoms with Crippen LogP contribution < -0.4 is 10.6 Å². The molecule has 2 rings (SSSR count). The molecule has 0 spiro atoms. The summed E-state index contributed by atoms with van der Waals surface area (Å²) in [6.07, 6.45) is 2.19. The van der Waals surface area contributed by atoms with Crippen LogP contribution in [0.2, 0.25) is 0 Å². The molecule has 6 nitrogen and oxygen atoms in total. The Morgan fingerprint density at radius 3 is 2.90 bits per heavy atom. The molecule has 2 aliphatic rings. The third-order valence-corrected chi connectivity index (χ3v) is 4.02. The second kappa shape index (κ2) is 6.53. The Kier molecular flexibility index (Phi) is 4.97. The molecule has 0 aromatic rings. The van der Waals surface area contributed by atoms with Crippen molar-refractivity contribution in [3.05, 3.63) is 0 Å². The zero-order valence-corrected chi connectivity index (χ0v) is 12.3. The molecular formula is C14H24N4O2. The highest BCUT2D eigenvalue weighted by Crippen LogP contribution is 2.39. The van der Waals surface area contributed by atoms with Gasteiger partial charge in [0.2, 0.25) is 5.91 Å². The summed E-state index contributed by atoms with van der Waals surface area (Å²) in [5.41, 5.74) is -0.708. The normalized spacial score (nSPS) is 26.6. The minimum absolute atomic E-state index is 0.120. The molecule has 0 bridgehead atoms. The van der Waals surface area contributed by atoms with E-state index in [0.717, 1.165) is 32.5 Å². The number of carbonyl (C=O) groups excluding carboxylic acids is 1. The molecular weight excluding hydrogens is 256 g/mol. The van der Waals surface area contributed by atoms with Crippen molar-refractivity contribution in [2.75, 3.05) is 39.8 Å². The van der Waals surface area contributed by atoms with Crippen LogP contribution >= 0.6 is 0 Å². The van der Waals surface area contributed by atoms with Crippen LogP contribution in [-0.2, 0) is 9.53 Å². The summed E-state index contributed by atoms with van der Waals surface area (Å²) >= 11 is 0. The summed E-state index contributed by atoms with van der Waals surface area (Å²) < 4.78 is 5.61. The highest BCUT2D eigenvalue weighted by molar-refractivity contribution is 5.79. The van der Waals surface area contributed by atoms with E-state index in [0.29, 0.717) is 12.5 Å². The minimum Gasteiger partial charge on any atom is -0.374 e. The van der Waals surface area contributed by atoms with Gasteiger partial charge in [0.15, 0.2) is 0 Å². The number of rotatable bonds is 6. The molecule has 1 aliphatic heterocycles. The maximum Gasteiger partial charge on any atom is 0.235 e. The molecule has 20 heavy (non-hydrogen) atoms. The first kappa shape index (κ1) is 15.2. The number of nitrogens with one attached hydrogen (secondary N) is 2. The lowest BCUT2D eigenvalue weighted by atomic mass is 9.98. The van der Waals surface area contributed by atoms with Crippen LogP contribution in [0, 0.1) is 17.2 Å². The van der Waals surface area contributed by atoms with Gasteiger partial charge in [-0.15, -0.1) is 0 Å². The van der Waals surface area contributed by atoms with Gasteiger partial charge >= 0.3 is 0 Å². The number of hydrogen-bond donors (Lipinski definition) is 2. The third kappa shape index (κ3) is 4.17. The van der Waals surface area contributed by atoms with Crippen molar-refractivity contribution in [1.29, 1.82) is 5.26 Å². The van der Waals surface area contributed by atoms with Gasteiger partial charge < -0.3 is 20.3 Å². The zero-order chi connectivity index (χ0) is 14.6. The highest BCUT2D eigenvalue weighted by atomic mass is 16.5. The number of hydrogen-bond acceptors (Lipinski definition) is 5. The van der Waals surface area contributed by atoms with E-state index in [2.05, 4.69) is 28.7 Å². The molecule has 2 fully saturated rings. The number of ether oxygens (including phenoxy) is 1. The van der Waals surface area contributed by atoms with Crippen molar-refractivity contribution in [3.8, 4) is 6.07 Å². The van der Waals surface area contributed by atoms with Crippen molar-refractivity contribution in [1.82, 2.24) is 15.5 Å². The van der Waals surface area contributed by atoms with Gasteiger partial charge in [0, 0.05) is 19.6 Å². The van der Waals surface area contributed by atoms with Crippen LogP contribution in [-0.4, -0.2) is 62.3 Å². The van der Waals surface area contributed by atoms with E-state index in [1.165, 1.54) is 0 Å². The predicted octanol–water partition coefficient (Wildman–Crippen LogP) is -0.285. The highest BCUT2D eigenvalue weighted by Gasteiger charge is 2.42. The monoisotopic (exact) mass is 280 g/mol. The fraction of sp³-hybridized carbons (Fsp3) is 0.857. The lowest BCUT2D eigenvalue weighted by molar-refractivity contribution is -0.121. The standard InChI is InChI=1S/C14H24N4O2/c1-14(10-15,11-3-4-11)17-13(19)8-16-7-12-9-18(2)5-6-20-12/h11-12,16H,3-9H2,1-2H3,(H,17,19)/t12-,14-/m1/s1. The molecule has 0 radical (unpaired) electrons. The first-order chi connectivity index (χ1) is 9.53. The number of likely N-dealkylation sites (N-methyl/N-ethyl adjacent to an activating group) is 1. The van der Waals surface area contributed by atoms with E-state index < -0.39 is 5.54 Å². The maximum atomic E-state index is 11.9. The van der Waals surface area contributed by atoms with Crippen LogP contribution in [0.15, 0.2) is 0 Å². The summed E-state index contributed by atoms with van der Waals surface area (Å²) in [6, 6.07) is 2.23. The summed E-state index contributed by atoms with van der Waals surface area (Å²) in [5.74, 6) is 0.192. The lowest BCUT2D eigenvalue weighted by Crippen LogP contribution is -2.51. The second-order valence-corrected chi connectivity index (χ2v) is 6.02. The Morgan fingerprint density at radius 2 is 2.30 bits per heavy atom. The van der Waals surface area contributed by atoms with Crippen LogP contribution in [0.5, 0.6) is 0 Å². The summed E-state index contributed by atoms with van der Waals surface area (Å²) in [5, 5.41) is 15.1. The molecule has 112 valence electrons. The zero-order valence-electron chi connectivity index (χ0n) is 12.3. The third-order valence-electron chi connectivity index (χ3n) is 4.02. The Morgan fingerprint density at radius 1 is 1.55 bits per heavy atom. The number of nitriles is 1. The van der Waals surface area contributed by atoms with Gasteiger partial charge in [-0.25, -0.2) is 0 Å². The molecule has 1 amide bonds. The van der Waals surface area contributed by atoms with E-state index in [1.54, 1.807) is 0 Å². The molecule has 2 atom stereocenters. The van der Waals surface area contributed by atoms with Crippen LogP contribution in [0.3, 0.4) is 0 Å². The molecule has 0 unspecified atom stereocenters. The van der Waals surface area contributed by atoms with Crippen molar-refractivity contribution in [3.63, 3.8) is 0 Å².